The van der Waals surface area contributed by atoms with Gasteiger partial charge in [0, 0.05) is 36.1 Å². The van der Waals surface area contributed by atoms with Crippen LogP contribution in [0, 0.1) is 10.1 Å². The first kappa shape index (κ1) is 12.3. The Kier molecular flexibility index (Phi) is 3.69. The fraction of sp³-hybridized carbons (Fsp3) is 0.250. The molecule has 1 aromatic heterocycles. The Hall–Kier alpha value is -2.21. The van der Waals surface area contributed by atoms with E-state index in [9.17, 15) is 10.1 Å². The van der Waals surface area contributed by atoms with Crippen molar-refractivity contribution >= 4 is 5.69 Å². The minimum Gasteiger partial charge on any atom is -0.341 e. The summed E-state index contributed by atoms with van der Waals surface area (Å²) in [6, 6.07) is 6.42. The van der Waals surface area contributed by atoms with E-state index in [2.05, 4.69) is 15.3 Å². The lowest BCUT2D eigenvalue weighted by Gasteiger charge is -1.98. The fourth-order valence-corrected chi connectivity index (χ4v) is 1.62. The Morgan fingerprint density at radius 1 is 1.50 bits per heavy atom. The molecule has 94 valence electrons. The molecule has 0 saturated heterocycles. The standard InChI is InChI=1S/C12H14N4O2/c1-2-13-7-10-8-14-12(15-10)9-4-3-5-11(6-9)16(17)18/h3-6,8,13H,2,7H2,1H3,(H,14,15). The summed E-state index contributed by atoms with van der Waals surface area (Å²) in [5, 5.41) is 13.9. The molecule has 2 aromatic rings. The number of nitrogens with zero attached hydrogens (tertiary/aromatic N) is 2. The largest absolute Gasteiger partial charge is 0.341 e. The quantitative estimate of drug-likeness (QED) is 0.625. The molecule has 0 fully saturated rings. The van der Waals surface area contributed by atoms with Crippen LogP contribution in [-0.2, 0) is 6.54 Å². The molecule has 0 aliphatic rings. The summed E-state index contributed by atoms with van der Waals surface area (Å²) in [6.07, 6.45) is 1.73. The van der Waals surface area contributed by atoms with Crippen molar-refractivity contribution in [3.05, 3.63) is 46.3 Å². The van der Waals surface area contributed by atoms with Crippen molar-refractivity contribution in [2.45, 2.75) is 13.5 Å². The average molecular weight is 246 g/mol. The van der Waals surface area contributed by atoms with Crippen molar-refractivity contribution in [2.24, 2.45) is 0 Å². The molecule has 6 nitrogen and oxygen atoms in total. The molecule has 1 heterocycles. The summed E-state index contributed by atoms with van der Waals surface area (Å²) in [4.78, 5) is 17.6. The number of rotatable bonds is 5. The second-order valence-electron chi connectivity index (χ2n) is 3.84. The monoisotopic (exact) mass is 246 g/mol. The highest BCUT2D eigenvalue weighted by Gasteiger charge is 2.09. The van der Waals surface area contributed by atoms with Crippen LogP contribution >= 0.6 is 0 Å². The minimum absolute atomic E-state index is 0.0668. The maximum absolute atomic E-state index is 10.7. The molecule has 2 N–H and O–H groups in total. The Morgan fingerprint density at radius 3 is 3.06 bits per heavy atom. The zero-order valence-corrected chi connectivity index (χ0v) is 10.0. The molecule has 0 unspecified atom stereocenters. The van der Waals surface area contributed by atoms with Gasteiger partial charge in [-0.05, 0) is 6.54 Å². The van der Waals surface area contributed by atoms with Crippen molar-refractivity contribution in [1.29, 1.82) is 0 Å². The first-order valence-electron chi connectivity index (χ1n) is 5.70. The van der Waals surface area contributed by atoms with Gasteiger partial charge < -0.3 is 10.3 Å². The SMILES string of the molecule is CCNCc1cnc(-c2cccc([N+](=O)[O-])c2)[nH]1. The Labute approximate surface area is 104 Å². The smallest absolute Gasteiger partial charge is 0.270 e. The lowest BCUT2D eigenvalue weighted by Crippen LogP contribution is -2.11. The summed E-state index contributed by atoms with van der Waals surface area (Å²) < 4.78 is 0. The van der Waals surface area contributed by atoms with Gasteiger partial charge >= 0.3 is 0 Å². The zero-order valence-electron chi connectivity index (χ0n) is 10.0. The molecule has 1 aromatic carbocycles. The maximum atomic E-state index is 10.7. The van der Waals surface area contributed by atoms with Crippen LogP contribution in [0.5, 0.6) is 0 Å². The topological polar surface area (TPSA) is 83.8 Å². The summed E-state index contributed by atoms with van der Waals surface area (Å²) >= 11 is 0. The first-order valence-corrected chi connectivity index (χ1v) is 5.70. The Bertz CT molecular complexity index is 551. The molecule has 18 heavy (non-hydrogen) atoms. The van der Waals surface area contributed by atoms with Gasteiger partial charge in [0.1, 0.15) is 5.82 Å². The van der Waals surface area contributed by atoms with Gasteiger partial charge in [0.25, 0.3) is 5.69 Å². The van der Waals surface area contributed by atoms with Gasteiger partial charge in [0.05, 0.1) is 4.92 Å². The highest BCUT2D eigenvalue weighted by atomic mass is 16.6. The molecular weight excluding hydrogens is 232 g/mol. The van der Waals surface area contributed by atoms with Crippen LogP contribution in [0.1, 0.15) is 12.6 Å². The van der Waals surface area contributed by atoms with E-state index in [0.29, 0.717) is 17.9 Å². The van der Waals surface area contributed by atoms with Gasteiger partial charge in [-0.1, -0.05) is 19.1 Å². The highest BCUT2D eigenvalue weighted by Crippen LogP contribution is 2.21. The molecule has 0 aliphatic heterocycles. The molecule has 0 spiro atoms. The third-order valence-electron chi connectivity index (χ3n) is 2.52. The number of H-pyrrole nitrogens is 1. The van der Waals surface area contributed by atoms with E-state index in [0.717, 1.165) is 12.2 Å². The molecule has 0 saturated carbocycles. The number of nitro benzene ring substituents is 1. The summed E-state index contributed by atoms with van der Waals surface area (Å²) in [5.41, 5.74) is 1.74. The third kappa shape index (κ3) is 2.72. The van der Waals surface area contributed by atoms with Gasteiger partial charge in [0.2, 0.25) is 0 Å². The van der Waals surface area contributed by atoms with Crippen molar-refractivity contribution < 1.29 is 4.92 Å². The molecule has 0 bridgehead atoms. The van der Waals surface area contributed by atoms with Crippen LogP contribution in [0.25, 0.3) is 11.4 Å². The number of aromatic amines is 1. The summed E-state index contributed by atoms with van der Waals surface area (Å²) in [7, 11) is 0. The fourth-order valence-electron chi connectivity index (χ4n) is 1.62. The second kappa shape index (κ2) is 5.42. The van der Waals surface area contributed by atoms with E-state index >= 15 is 0 Å². The Morgan fingerprint density at radius 2 is 2.33 bits per heavy atom. The van der Waals surface area contributed by atoms with E-state index in [1.165, 1.54) is 12.1 Å². The molecule has 2 rings (SSSR count). The van der Waals surface area contributed by atoms with Crippen LogP contribution in [0.4, 0.5) is 5.69 Å². The van der Waals surface area contributed by atoms with Crippen LogP contribution in [-0.4, -0.2) is 21.4 Å². The zero-order chi connectivity index (χ0) is 13.0. The predicted octanol–water partition coefficient (Wildman–Crippen LogP) is 2.09. The van der Waals surface area contributed by atoms with E-state index in [4.69, 9.17) is 0 Å². The van der Waals surface area contributed by atoms with Gasteiger partial charge in [-0.15, -0.1) is 0 Å². The van der Waals surface area contributed by atoms with Crippen molar-refractivity contribution in [3.8, 4) is 11.4 Å². The lowest BCUT2D eigenvalue weighted by atomic mass is 10.2. The van der Waals surface area contributed by atoms with Gasteiger partial charge in [-0.25, -0.2) is 4.98 Å². The van der Waals surface area contributed by atoms with Crippen LogP contribution in [0.15, 0.2) is 30.5 Å². The number of nitrogens with one attached hydrogen (secondary N) is 2. The molecule has 0 atom stereocenters. The Balaban J connectivity index is 2.23. The highest BCUT2D eigenvalue weighted by molar-refractivity contribution is 5.59. The lowest BCUT2D eigenvalue weighted by molar-refractivity contribution is -0.384. The van der Waals surface area contributed by atoms with Crippen LogP contribution in [0.3, 0.4) is 0 Å². The van der Waals surface area contributed by atoms with Crippen LogP contribution < -0.4 is 5.32 Å². The number of non-ortho nitro benzene ring substituents is 1. The maximum Gasteiger partial charge on any atom is 0.270 e. The molecule has 0 aliphatic carbocycles. The molecule has 0 radical (unpaired) electrons. The normalized spacial score (nSPS) is 10.5. The third-order valence-corrected chi connectivity index (χ3v) is 2.52. The summed E-state index contributed by atoms with van der Waals surface area (Å²) in [6.45, 7) is 3.61. The van der Waals surface area contributed by atoms with Gasteiger partial charge in [-0.2, -0.15) is 0 Å². The number of nitro groups is 1. The number of hydrogen-bond acceptors (Lipinski definition) is 4. The number of imidazole rings is 1. The van der Waals surface area contributed by atoms with Crippen LogP contribution in [0.2, 0.25) is 0 Å². The van der Waals surface area contributed by atoms with E-state index < -0.39 is 4.92 Å². The molecule has 0 amide bonds. The molecule has 6 heteroatoms. The molecular formula is C12H14N4O2. The van der Waals surface area contributed by atoms with Crippen molar-refractivity contribution in [2.75, 3.05) is 6.54 Å². The number of benzene rings is 1. The van der Waals surface area contributed by atoms with E-state index in [1.54, 1.807) is 18.3 Å². The van der Waals surface area contributed by atoms with Crippen molar-refractivity contribution in [3.63, 3.8) is 0 Å². The van der Waals surface area contributed by atoms with E-state index in [1.807, 2.05) is 6.92 Å². The first-order chi connectivity index (χ1) is 8.70. The number of aromatic nitrogens is 2. The predicted molar refractivity (Wildman–Crippen MR) is 68.1 cm³/mol. The van der Waals surface area contributed by atoms with Gasteiger partial charge in [-0.3, -0.25) is 10.1 Å². The minimum atomic E-state index is -0.411. The van der Waals surface area contributed by atoms with Crippen molar-refractivity contribution in [1.82, 2.24) is 15.3 Å². The summed E-state index contributed by atoms with van der Waals surface area (Å²) in [5.74, 6) is 0.645. The average Bonchev–Trinajstić information content (AvgIpc) is 2.85. The second-order valence-corrected chi connectivity index (χ2v) is 3.84. The number of hydrogen-bond donors (Lipinski definition) is 2. The van der Waals surface area contributed by atoms with E-state index in [-0.39, 0.29) is 5.69 Å². The van der Waals surface area contributed by atoms with Gasteiger partial charge in [0.15, 0.2) is 0 Å².